The maximum atomic E-state index is 13.0. The number of imide groups is 1. The summed E-state index contributed by atoms with van der Waals surface area (Å²) in [6, 6.07) is 13.1. The van der Waals surface area contributed by atoms with Crippen LogP contribution in [0.1, 0.15) is 11.1 Å². The zero-order chi connectivity index (χ0) is 18.5. The van der Waals surface area contributed by atoms with Crippen molar-refractivity contribution in [3.8, 4) is 18.1 Å². The second-order valence-corrected chi connectivity index (χ2v) is 6.92. The van der Waals surface area contributed by atoms with Crippen molar-refractivity contribution in [2.24, 2.45) is 0 Å². The van der Waals surface area contributed by atoms with Gasteiger partial charge in [0.2, 0.25) is 5.91 Å². The van der Waals surface area contributed by atoms with Gasteiger partial charge in [0, 0.05) is 0 Å². The number of hydrogen-bond acceptors (Lipinski definition) is 4. The minimum absolute atomic E-state index is 0.153. The SMILES string of the molecule is C#CCOc1ccc(C[C@@H]2SC(=O)N(Cc3ccc(F)cc3)C2=O)cc1. The first-order valence-corrected chi connectivity index (χ1v) is 8.86. The minimum atomic E-state index is -0.458. The molecule has 1 aliphatic heterocycles. The van der Waals surface area contributed by atoms with E-state index in [0.717, 1.165) is 17.3 Å². The third-order valence-electron chi connectivity index (χ3n) is 3.93. The van der Waals surface area contributed by atoms with Crippen molar-refractivity contribution in [3.05, 3.63) is 65.5 Å². The summed E-state index contributed by atoms with van der Waals surface area (Å²) < 4.78 is 18.3. The Kier molecular flexibility index (Phi) is 5.59. The van der Waals surface area contributed by atoms with E-state index in [0.29, 0.717) is 17.7 Å². The first kappa shape index (κ1) is 18.0. The van der Waals surface area contributed by atoms with Gasteiger partial charge in [0.25, 0.3) is 5.24 Å². The van der Waals surface area contributed by atoms with Crippen molar-refractivity contribution in [2.75, 3.05) is 6.61 Å². The van der Waals surface area contributed by atoms with Crippen LogP contribution in [-0.4, -0.2) is 27.9 Å². The van der Waals surface area contributed by atoms with Crippen LogP contribution < -0.4 is 4.74 Å². The van der Waals surface area contributed by atoms with Crippen LogP contribution in [0.3, 0.4) is 0 Å². The van der Waals surface area contributed by atoms with Crippen molar-refractivity contribution in [3.63, 3.8) is 0 Å². The van der Waals surface area contributed by atoms with Crippen LogP contribution in [0.2, 0.25) is 0 Å². The smallest absolute Gasteiger partial charge is 0.289 e. The van der Waals surface area contributed by atoms with Crippen molar-refractivity contribution in [2.45, 2.75) is 18.2 Å². The molecule has 2 aromatic carbocycles. The molecule has 1 heterocycles. The standard InChI is InChI=1S/C20H16FNO3S/c1-2-11-25-17-9-5-14(6-10-17)12-18-19(23)22(20(24)26-18)13-15-3-7-16(21)8-4-15/h1,3-10,18H,11-13H2/t18-/m0/s1. The molecule has 4 nitrogen and oxygen atoms in total. The van der Waals surface area contributed by atoms with Gasteiger partial charge in [-0.2, -0.15) is 0 Å². The summed E-state index contributed by atoms with van der Waals surface area (Å²) in [4.78, 5) is 26.0. The van der Waals surface area contributed by atoms with Gasteiger partial charge < -0.3 is 4.74 Å². The molecule has 1 fully saturated rings. The minimum Gasteiger partial charge on any atom is -0.481 e. The summed E-state index contributed by atoms with van der Waals surface area (Å²) in [6.45, 7) is 0.351. The number of carbonyl (C=O) groups excluding carboxylic acids is 2. The first-order chi connectivity index (χ1) is 12.6. The van der Waals surface area contributed by atoms with Crippen molar-refractivity contribution in [1.82, 2.24) is 4.90 Å². The van der Waals surface area contributed by atoms with Gasteiger partial charge in [-0.1, -0.05) is 41.9 Å². The van der Waals surface area contributed by atoms with E-state index < -0.39 is 5.25 Å². The molecule has 0 spiro atoms. The van der Waals surface area contributed by atoms with Gasteiger partial charge in [-0.25, -0.2) is 4.39 Å². The van der Waals surface area contributed by atoms with Crippen LogP contribution in [0.5, 0.6) is 5.75 Å². The van der Waals surface area contributed by atoms with Gasteiger partial charge in [-0.05, 0) is 41.8 Å². The Morgan fingerprint density at radius 2 is 1.73 bits per heavy atom. The predicted molar refractivity (Wildman–Crippen MR) is 98.2 cm³/mol. The van der Waals surface area contributed by atoms with E-state index in [-0.39, 0.29) is 30.1 Å². The molecule has 2 aromatic rings. The molecule has 3 rings (SSSR count). The number of amides is 2. The van der Waals surface area contributed by atoms with E-state index in [4.69, 9.17) is 11.2 Å². The Hall–Kier alpha value is -2.78. The maximum Gasteiger partial charge on any atom is 0.289 e. The van der Waals surface area contributed by atoms with Gasteiger partial charge in [-0.3, -0.25) is 14.5 Å². The number of hydrogen-bond donors (Lipinski definition) is 0. The van der Waals surface area contributed by atoms with Crippen molar-refractivity contribution in [1.29, 1.82) is 0 Å². The lowest BCUT2D eigenvalue weighted by atomic mass is 10.1. The topological polar surface area (TPSA) is 46.6 Å². The molecule has 26 heavy (non-hydrogen) atoms. The van der Waals surface area contributed by atoms with Crippen LogP contribution in [0.4, 0.5) is 9.18 Å². The summed E-state index contributed by atoms with van der Waals surface area (Å²) in [5.41, 5.74) is 1.64. The molecule has 0 radical (unpaired) electrons. The maximum absolute atomic E-state index is 13.0. The van der Waals surface area contributed by atoms with E-state index >= 15 is 0 Å². The van der Waals surface area contributed by atoms with Gasteiger partial charge >= 0.3 is 0 Å². The molecule has 6 heteroatoms. The molecule has 132 valence electrons. The van der Waals surface area contributed by atoms with E-state index in [1.807, 2.05) is 12.1 Å². The van der Waals surface area contributed by atoms with Crippen LogP contribution in [0.15, 0.2) is 48.5 Å². The van der Waals surface area contributed by atoms with Crippen molar-refractivity contribution >= 4 is 22.9 Å². The number of carbonyl (C=O) groups is 2. The van der Waals surface area contributed by atoms with Crippen LogP contribution >= 0.6 is 11.8 Å². The zero-order valence-corrected chi connectivity index (χ0v) is 14.7. The lowest BCUT2D eigenvalue weighted by Gasteiger charge is -2.14. The summed E-state index contributed by atoms with van der Waals surface area (Å²) in [7, 11) is 0. The number of halogens is 1. The van der Waals surface area contributed by atoms with E-state index in [1.165, 1.54) is 17.0 Å². The highest BCUT2D eigenvalue weighted by molar-refractivity contribution is 8.15. The number of ether oxygens (including phenoxy) is 1. The average molecular weight is 369 g/mol. The van der Waals surface area contributed by atoms with Crippen LogP contribution in [0, 0.1) is 18.2 Å². The fourth-order valence-electron chi connectivity index (χ4n) is 2.60. The Balaban J connectivity index is 1.63. The molecular weight excluding hydrogens is 353 g/mol. The van der Waals surface area contributed by atoms with Gasteiger partial charge in [0.05, 0.1) is 11.8 Å². The lowest BCUT2D eigenvalue weighted by Crippen LogP contribution is -2.31. The zero-order valence-electron chi connectivity index (χ0n) is 13.9. The first-order valence-electron chi connectivity index (χ1n) is 7.98. The molecule has 0 bridgehead atoms. The lowest BCUT2D eigenvalue weighted by molar-refractivity contribution is -0.127. The van der Waals surface area contributed by atoms with E-state index in [2.05, 4.69) is 5.92 Å². The van der Waals surface area contributed by atoms with Crippen molar-refractivity contribution < 1.29 is 18.7 Å². The molecule has 1 aliphatic rings. The summed E-state index contributed by atoms with van der Waals surface area (Å²) in [5.74, 6) is 2.48. The highest BCUT2D eigenvalue weighted by Gasteiger charge is 2.39. The number of benzene rings is 2. The second kappa shape index (κ2) is 8.07. The van der Waals surface area contributed by atoms with Crippen LogP contribution in [-0.2, 0) is 17.8 Å². The van der Waals surface area contributed by atoms with E-state index in [1.54, 1.807) is 24.3 Å². The second-order valence-electron chi connectivity index (χ2n) is 5.76. The molecule has 0 aromatic heterocycles. The Bertz CT molecular complexity index is 843. The number of terminal acetylenes is 1. The molecule has 1 atom stereocenters. The summed E-state index contributed by atoms with van der Waals surface area (Å²) in [5, 5.41) is -0.737. The molecule has 1 saturated heterocycles. The molecular formula is C20H16FNO3S. The summed E-state index contributed by atoms with van der Waals surface area (Å²) in [6.07, 6.45) is 5.60. The third kappa shape index (κ3) is 4.24. The highest BCUT2D eigenvalue weighted by atomic mass is 32.2. The van der Waals surface area contributed by atoms with Gasteiger partial charge in [0.1, 0.15) is 18.2 Å². The monoisotopic (exact) mass is 369 g/mol. The number of rotatable bonds is 6. The van der Waals surface area contributed by atoms with Gasteiger partial charge in [-0.15, -0.1) is 6.42 Å². The molecule has 2 amide bonds. The molecule has 0 saturated carbocycles. The summed E-state index contributed by atoms with van der Waals surface area (Å²) >= 11 is 1.02. The average Bonchev–Trinajstić information content (AvgIpc) is 2.90. The highest BCUT2D eigenvalue weighted by Crippen LogP contribution is 2.31. The number of thioether (sulfide) groups is 1. The normalized spacial score (nSPS) is 16.6. The quantitative estimate of drug-likeness (QED) is 0.730. The Morgan fingerprint density at radius 3 is 2.38 bits per heavy atom. The van der Waals surface area contributed by atoms with Gasteiger partial charge in [0.15, 0.2) is 0 Å². The Morgan fingerprint density at radius 1 is 1.08 bits per heavy atom. The number of nitrogens with zero attached hydrogens (tertiary/aromatic N) is 1. The molecule has 0 unspecified atom stereocenters. The van der Waals surface area contributed by atoms with Crippen LogP contribution in [0.25, 0.3) is 0 Å². The fourth-order valence-corrected chi connectivity index (χ4v) is 3.63. The molecule has 0 N–H and O–H groups in total. The van der Waals surface area contributed by atoms with E-state index in [9.17, 15) is 14.0 Å². The predicted octanol–water partition coefficient (Wildman–Crippen LogP) is 3.64. The molecule has 0 aliphatic carbocycles. The largest absolute Gasteiger partial charge is 0.481 e. The fraction of sp³-hybridized carbons (Fsp3) is 0.200. The third-order valence-corrected chi connectivity index (χ3v) is 5.00. The Labute approximate surface area is 155 Å².